The molecule has 0 radical (unpaired) electrons. The van der Waals surface area contributed by atoms with E-state index in [0.717, 1.165) is 37.0 Å². The van der Waals surface area contributed by atoms with Gasteiger partial charge in [0.25, 0.3) is 5.16 Å². The van der Waals surface area contributed by atoms with Crippen LogP contribution in [0.15, 0.2) is 29.4 Å². The van der Waals surface area contributed by atoms with Crippen molar-refractivity contribution in [1.82, 2.24) is 14.9 Å². The molecule has 2 aromatic rings. The highest BCUT2D eigenvalue weighted by atomic mass is 32.2. The number of carbonyl (C=O) groups is 1. The zero-order valence-electron chi connectivity index (χ0n) is 19.8. The monoisotopic (exact) mass is 506 g/mol. The Bertz CT molecular complexity index is 1180. The summed E-state index contributed by atoms with van der Waals surface area (Å²) >= 11 is 0. The first-order valence-electron chi connectivity index (χ1n) is 11.3. The number of esters is 1. The van der Waals surface area contributed by atoms with E-state index in [1.54, 1.807) is 6.92 Å². The highest BCUT2D eigenvalue weighted by molar-refractivity contribution is 7.90. The molecule has 0 saturated carbocycles. The number of nitrogen functional groups attached to an aromatic ring is 1. The second-order valence-electron chi connectivity index (χ2n) is 8.37. The lowest BCUT2D eigenvalue weighted by atomic mass is 10.1. The van der Waals surface area contributed by atoms with Crippen LogP contribution < -0.4 is 10.6 Å². The summed E-state index contributed by atoms with van der Waals surface area (Å²) in [5, 5.41) is 11.2. The number of hydrogen-bond acceptors (Lipinski definition) is 11. The predicted molar refractivity (Wildman–Crippen MR) is 129 cm³/mol. The summed E-state index contributed by atoms with van der Waals surface area (Å²) in [6.07, 6.45) is 3.14. The van der Waals surface area contributed by atoms with E-state index in [1.165, 1.54) is 17.7 Å². The molecule has 13 heteroatoms. The molecule has 2 heterocycles. The van der Waals surface area contributed by atoms with Crippen molar-refractivity contribution in [2.75, 3.05) is 43.1 Å². The van der Waals surface area contributed by atoms with Gasteiger partial charge in [-0.15, -0.1) is 0 Å². The number of nitrogens with two attached hydrogens (primary N) is 1. The van der Waals surface area contributed by atoms with Crippen LogP contribution in [0, 0.1) is 10.1 Å². The normalized spacial score (nSPS) is 14.1. The van der Waals surface area contributed by atoms with Crippen molar-refractivity contribution < 1.29 is 22.9 Å². The van der Waals surface area contributed by atoms with Crippen molar-refractivity contribution in [2.45, 2.75) is 44.4 Å². The summed E-state index contributed by atoms with van der Waals surface area (Å²) in [6, 6.07) is 7.76. The molecule has 1 aliphatic rings. The van der Waals surface area contributed by atoms with E-state index in [9.17, 15) is 23.3 Å². The van der Waals surface area contributed by atoms with E-state index < -0.39 is 37.4 Å². The predicted octanol–water partition coefficient (Wildman–Crippen LogP) is 1.93. The average Bonchev–Trinajstić information content (AvgIpc) is 3.28. The molecule has 0 amide bonds. The van der Waals surface area contributed by atoms with E-state index in [-0.39, 0.29) is 31.9 Å². The fraction of sp³-hybridized carbons (Fsp3) is 0.500. The molecule has 2 N–H and O–H groups in total. The van der Waals surface area contributed by atoms with Gasteiger partial charge in [-0.3, -0.25) is 19.8 Å². The molecular formula is C22H30N6O6S. The number of likely N-dealkylation sites (tertiary alicyclic amines) is 1. The van der Waals surface area contributed by atoms with Gasteiger partial charge < -0.3 is 15.4 Å². The number of anilines is 2. The molecule has 0 atom stereocenters. The Hall–Kier alpha value is -3.32. The van der Waals surface area contributed by atoms with Crippen molar-refractivity contribution >= 4 is 33.1 Å². The number of hydrogen-bond donors (Lipinski definition) is 1. The Labute approximate surface area is 204 Å². The molecular weight excluding hydrogens is 476 g/mol. The van der Waals surface area contributed by atoms with Gasteiger partial charge in [0, 0.05) is 25.9 Å². The lowest BCUT2D eigenvalue weighted by molar-refractivity contribution is -0.383. The Morgan fingerprint density at radius 2 is 1.94 bits per heavy atom. The van der Waals surface area contributed by atoms with Gasteiger partial charge >= 0.3 is 11.7 Å². The minimum absolute atomic E-state index is 0.00428. The number of carbonyl (C=O) groups excluding carboxylic acids is 1. The fourth-order valence-corrected chi connectivity index (χ4v) is 4.48. The molecule has 190 valence electrons. The summed E-state index contributed by atoms with van der Waals surface area (Å²) in [6.45, 7) is 4.86. The first-order chi connectivity index (χ1) is 16.6. The molecule has 1 saturated heterocycles. The van der Waals surface area contributed by atoms with Crippen molar-refractivity contribution in [2.24, 2.45) is 0 Å². The third kappa shape index (κ3) is 7.09. The van der Waals surface area contributed by atoms with Crippen LogP contribution in [-0.4, -0.2) is 66.7 Å². The fourth-order valence-electron chi connectivity index (χ4n) is 3.97. The van der Waals surface area contributed by atoms with Crippen molar-refractivity contribution in [3.63, 3.8) is 0 Å². The minimum atomic E-state index is -3.91. The van der Waals surface area contributed by atoms with Gasteiger partial charge in [0.05, 0.1) is 18.0 Å². The summed E-state index contributed by atoms with van der Waals surface area (Å²) < 4.78 is 29.2. The van der Waals surface area contributed by atoms with E-state index in [2.05, 4.69) is 14.9 Å². The molecule has 0 bridgehead atoms. The molecule has 1 aromatic heterocycles. The average molecular weight is 507 g/mol. The number of nitro groups is 1. The maximum absolute atomic E-state index is 12.1. The first-order valence-corrected chi connectivity index (χ1v) is 13.2. The maximum atomic E-state index is 12.1. The van der Waals surface area contributed by atoms with E-state index in [0.29, 0.717) is 0 Å². The van der Waals surface area contributed by atoms with Crippen LogP contribution in [0.4, 0.5) is 17.3 Å². The van der Waals surface area contributed by atoms with Gasteiger partial charge in [-0.05, 0) is 44.0 Å². The van der Waals surface area contributed by atoms with E-state index in [1.807, 2.05) is 24.3 Å². The van der Waals surface area contributed by atoms with Gasteiger partial charge in [-0.25, -0.2) is 8.42 Å². The van der Waals surface area contributed by atoms with Crippen LogP contribution in [0.25, 0.3) is 0 Å². The van der Waals surface area contributed by atoms with Gasteiger partial charge in [-0.2, -0.15) is 9.97 Å². The van der Waals surface area contributed by atoms with Crippen LogP contribution in [0.3, 0.4) is 0 Å². The third-order valence-corrected chi connectivity index (χ3v) is 6.39. The lowest BCUT2D eigenvalue weighted by Crippen LogP contribution is -2.29. The summed E-state index contributed by atoms with van der Waals surface area (Å²) in [7, 11) is -3.91. The van der Waals surface area contributed by atoms with Crippen LogP contribution in [0.1, 0.15) is 37.3 Å². The minimum Gasteiger partial charge on any atom is -0.466 e. The quantitative estimate of drug-likeness (QED) is 0.205. The van der Waals surface area contributed by atoms with Crippen LogP contribution in [0.5, 0.6) is 0 Å². The number of nitrogens with zero attached hydrogens (tertiary/aromatic N) is 5. The second-order valence-corrected chi connectivity index (χ2v) is 10.3. The maximum Gasteiger partial charge on any atom is 0.353 e. The summed E-state index contributed by atoms with van der Waals surface area (Å²) in [4.78, 5) is 34.6. The standard InChI is InChI=1S/C22H30N6O6S/c1-3-34-18(29)9-12-27(15-17-8-6-7-16(13-17)14-26-10-4-5-11-26)21-19(28(30)31)20(23)24-22(25-21)35(2,32)33/h6-8,13H,3-5,9-12,14-15H2,1-2H3,(H2,23,24,25). The van der Waals surface area contributed by atoms with E-state index in [4.69, 9.17) is 10.5 Å². The smallest absolute Gasteiger partial charge is 0.353 e. The summed E-state index contributed by atoms with van der Waals surface area (Å²) in [5.74, 6) is -1.32. The van der Waals surface area contributed by atoms with Crippen molar-refractivity contribution in [3.8, 4) is 0 Å². The van der Waals surface area contributed by atoms with Crippen LogP contribution >= 0.6 is 0 Å². The number of benzene rings is 1. The van der Waals surface area contributed by atoms with Crippen molar-refractivity contribution in [3.05, 3.63) is 45.5 Å². The first kappa shape index (κ1) is 26.3. The molecule has 0 spiro atoms. The molecule has 12 nitrogen and oxygen atoms in total. The number of rotatable bonds is 11. The molecule has 35 heavy (non-hydrogen) atoms. The third-order valence-electron chi connectivity index (χ3n) is 5.55. The molecule has 0 aliphatic carbocycles. The van der Waals surface area contributed by atoms with Crippen molar-refractivity contribution in [1.29, 1.82) is 0 Å². The topological polar surface area (TPSA) is 162 Å². The van der Waals surface area contributed by atoms with Gasteiger partial charge in [-0.1, -0.05) is 24.3 Å². The zero-order chi connectivity index (χ0) is 25.6. The summed E-state index contributed by atoms with van der Waals surface area (Å²) in [5.41, 5.74) is 7.08. The molecule has 3 rings (SSSR count). The zero-order valence-corrected chi connectivity index (χ0v) is 20.7. The SMILES string of the molecule is CCOC(=O)CCN(Cc1cccc(CN2CCCC2)c1)c1nc(S(C)(=O)=O)nc(N)c1[N+](=O)[O-]. The van der Waals surface area contributed by atoms with Crippen LogP contribution in [0.2, 0.25) is 0 Å². The second kappa shape index (κ2) is 11.4. The largest absolute Gasteiger partial charge is 0.466 e. The van der Waals surface area contributed by atoms with E-state index >= 15 is 0 Å². The Kier molecular flexibility index (Phi) is 8.57. The molecule has 1 fully saturated rings. The molecule has 1 aliphatic heterocycles. The van der Waals surface area contributed by atoms with Gasteiger partial charge in [0.15, 0.2) is 0 Å². The van der Waals surface area contributed by atoms with Crippen LogP contribution in [-0.2, 0) is 32.5 Å². The Morgan fingerprint density at radius 3 is 2.57 bits per heavy atom. The molecule has 1 aromatic carbocycles. The molecule has 0 unspecified atom stereocenters. The number of aromatic nitrogens is 2. The van der Waals surface area contributed by atoms with Gasteiger partial charge in [0.1, 0.15) is 0 Å². The number of sulfone groups is 1. The number of ether oxygens (including phenoxy) is 1. The highest BCUT2D eigenvalue weighted by Gasteiger charge is 2.30. The Morgan fingerprint density at radius 1 is 1.26 bits per heavy atom. The van der Waals surface area contributed by atoms with Gasteiger partial charge in [0.2, 0.25) is 21.5 Å². The lowest BCUT2D eigenvalue weighted by Gasteiger charge is -2.24. The Balaban J connectivity index is 1.99. The highest BCUT2D eigenvalue weighted by Crippen LogP contribution is 2.33.